The first-order valence-electron chi connectivity index (χ1n) is 11.1. The van der Waals surface area contributed by atoms with Crippen molar-refractivity contribution in [2.24, 2.45) is 7.05 Å². The second-order valence-electron chi connectivity index (χ2n) is 8.23. The molecule has 0 spiro atoms. The molecule has 2 aromatic carbocycles. The van der Waals surface area contributed by atoms with E-state index in [1.807, 2.05) is 67.8 Å². The van der Waals surface area contributed by atoms with E-state index in [-0.39, 0.29) is 18.2 Å². The average Bonchev–Trinajstić information content (AvgIpc) is 3.30. The smallest absolute Gasteiger partial charge is 0.230 e. The lowest BCUT2D eigenvalue weighted by molar-refractivity contribution is -0.115. The molecule has 0 aliphatic heterocycles. The van der Waals surface area contributed by atoms with Crippen LogP contribution in [0.15, 0.2) is 79.3 Å². The molecule has 0 fully saturated rings. The molecular formula is C27H26N6O. The van der Waals surface area contributed by atoms with Gasteiger partial charge >= 0.3 is 0 Å². The fourth-order valence-corrected chi connectivity index (χ4v) is 3.68. The maximum absolute atomic E-state index is 12.7. The predicted molar refractivity (Wildman–Crippen MR) is 133 cm³/mol. The standard InChI is InChI=1S/C27H26N6O/c1-19(21-9-7-20(14-28)8-10-21)15-29-25-6-4-3-5-22(25)13-27(34)32-26-12-11-23(16-30-26)24-17-31-33(2)18-24/h3-12,16-19,29H,13,15H2,1-2H3,(H,30,32,34). The SMILES string of the molecule is CC(CNc1ccccc1CC(=O)Nc1ccc(-c2cnn(C)c2)cn1)c1ccc(C#N)cc1. The lowest BCUT2D eigenvalue weighted by Crippen LogP contribution is -2.17. The zero-order valence-electron chi connectivity index (χ0n) is 19.2. The second-order valence-corrected chi connectivity index (χ2v) is 8.23. The highest BCUT2D eigenvalue weighted by molar-refractivity contribution is 5.92. The summed E-state index contributed by atoms with van der Waals surface area (Å²) in [5, 5.41) is 19.5. The number of nitrogens with one attached hydrogen (secondary N) is 2. The number of benzene rings is 2. The molecule has 7 nitrogen and oxygen atoms in total. The Labute approximate surface area is 199 Å². The highest BCUT2D eigenvalue weighted by Gasteiger charge is 2.11. The van der Waals surface area contributed by atoms with Gasteiger partial charge in [0.25, 0.3) is 0 Å². The summed E-state index contributed by atoms with van der Waals surface area (Å²) >= 11 is 0. The highest BCUT2D eigenvalue weighted by atomic mass is 16.1. The van der Waals surface area contributed by atoms with E-state index in [0.717, 1.165) is 27.9 Å². The Morgan fingerprint density at radius 3 is 2.53 bits per heavy atom. The van der Waals surface area contributed by atoms with Crippen molar-refractivity contribution in [1.82, 2.24) is 14.8 Å². The van der Waals surface area contributed by atoms with Crippen LogP contribution in [0.4, 0.5) is 11.5 Å². The van der Waals surface area contributed by atoms with Crippen molar-refractivity contribution in [3.05, 3.63) is 95.9 Å². The summed E-state index contributed by atoms with van der Waals surface area (Å²) in [5.74, 6) is 0.630. The molecule has 7 heteroatoms. The molecule has 2 N–H and O–H groups in total. The molecule has 1 amide bonds. The van der Waals surface area contributed by atoms with Crippen LogP contribution >= 0.6 is 0 Å². The molecule has 1 unspecified atom stereocenters. The number of pyridine rings is 1. The molecule has 2 aromatic heterocycles. The number of nitriles is 1. The number of hydrogen-bond acceptors (Lipinski definition) is 5. The molecule has 0 aliphatic rings. The predicted octanol–water partition coefficient (Wildman–Crippen LogP) is 4.75. The van der Waals surface area contributed by atoms with Gasteiger partial charge < -0.3 is 10.6 Å². The summed E-state index contributed by atoms with van der Waals surface area (Å²) in [6, 6.07) is 21.3. The Morgan fingerprint density at radius 2 is 1.85 bits per heavy atom. The lowest BCUT2D eigenvalue weighted by atomic mass is 9.99. The number of aromatic nitrogens is 3. The largest absolute Gasteiger partial charge is 0.384 e. The van der Waals surface area contributed by atoms with Crippen LogP contribution in [-0.2, 0) is 18.3 Å². The summed E-state index contributed by atoms with van der Waals surface area (Å²) in [5.41, 5.74) is 5.57. The Bertz CT molecular complexity index is 1300. The highest BCUT2D eigenvalue weighted by Crippen LogP contribution is 2.21. The van der Waals surface area contributed by atoms with E-state index in [1.54, 1.807) is 23.1 Å². The van der Waals surface area contributed by atoms with Crippen molar-refractivity contribution < 1.29 is 4.79 Å². The Morgan fingerprint density at radius 1 is 1.06 bits per heavy atom. The summed E-state index contributed by atoms with van der Waals surface area (Å²) in [6.07, 6.45) is 5.66. The maximum atomic E-state index is 12.7. The fraction of sp³-hybridized carbons (Fsp3) is 0.185. The summed E-state index contributed by atoms with van der Waals surface area (Å²) in [6.45, 7) is 2.84. The molecular weight excluding hydrogens is 424 g/mol. The van der Waals surface area contributed by atoms with Gasteiger partial charge in [0, 0.05) is 42.8 Å². The minimum Gasteiger partial charge on any atom is -0.384 e. The van der Waals surface area contributed by atoms with E-state index in [1.165, 1.54) is 0 Å². The van der Waals surface area contributed by atoms with Crippen molar-refractivity contribution in [1.29, 1.82) is 5.26 Å². The molecule has 0 saturated carbocycles. The van der Waals surface area contributed by atoms with E-state index in [9.17, 15) is 4.79 Å². The van der Waals surface area contributed by atoms with Crippen LogP contribution < -0.4 is 10.6 Å². The van der Waals surface area contributed by atoms with Gasteiger partial charge in [-0.25, -0.2) is 4.98 Å². The van der Waals surface area contributed by atoms with E-state index in [0.29, 0.717) is 17.9 Å². The van der Waals surface area contributed by atoms with Crippen molar-refractivity contribution in [2.45, 2.75) is 19.3 Å². The van der Waals surface area contributed by atoms with Crippen LogP contribution in [0, 0.1) is 11.3 Å². The number of carbonyl (C=O) groups excluding carboxylic acids is 1. The van der Waals surface area contributed by atoms with Crippen LogP contribution in [0.25, 0.3) is 11.1 Å². The number of carbonyl (C=O) groups is 1. The van der Waals surface area contributed by atoms with Gasteiger partial charge in [-0.2, -0.15) is 10.4 Å². The lowest BCUT2D eigenvalue weighted by Gasteiger charge is -2.16. The summed E-state index contributed by atoms with van der Waals surface area (Å²) in [7, 11) is 1.87. The van der Waals surface area contributed by atoms with E-state index in [4.69, 9.17) is 5.26 Å². The summed E-state index contributed by atoms with van der Waals surface area (Å²) < 4.78 is 1.74. The van der Waals surface area contributed by atoms with Crippen LogP contribution in [0.2, 0.25) is 0 Å². The van der Waals surface area contributed by atoms with Crippen molar-refractivity contribution >= 4 is 17.4 Å². The number of para-hydroxylation sites is 1. The number of aryl methyl sites for hydroxylation is 1. The molecule has 170 valence electrons. The molecule has 34 heavy (non-hydrogen) atoms. The first-order valence-corrected chi connectivity index (χ1v) is 11.1. The number of anilines is 2. The first kappa shape index (κ1) is 22.7. The first-order chi connectivity index (χ1) is 16.5. The van der Waals surface area contributed by atoms with Gasteiger partial charge in [0.05, 0.1) is 24.3 Å². The average molecular weight is 451 g/mol. The van der Waals surface area contributed by atoms with E-state index in [2.05, 4.69) is 33.7 Å². The Hall–Kier alpha value is -4.44. The fourth-order valence-electron chi connectivity index (χ4n) is 3.68. The van der Waals surface area contributed by atoms with Gasteiger partial charge in [0.1, 0.15) is 5.82 Å². The van der Waals surface area contributed by atoms with E-state index >= 15 is 0 Å². The van der Waals surface area contributed by atoms with Crippen molar-refractivity contribution in [3.63, 3.8) is 0 Å². The third kappa shape index (κ3) is 5.67. The van der Waals surface area contributed by atoms with E-state index < -0.39 is 0 Å². The Kier molecular flexibility index (Phi) is 6.99. The zero-order chi connectivity index (χ0) is 23.9. The number of nitrogens with zero attached hydrogens (tertiary/aromatic N) is 4. The quantitative estimate of drug-likeness (QED) is 0.404. The van der Waals surface area contributed by atoms with Crippen LogP contribution in [0.3, 0.4) is 0 Å². The van der Waals surface area contributed by atoms with Gasteiger partial charge in [-0.15, -0.1) is 0 Å². The monoisotopic (exact) mass is 450 g/mol. The van der Waals surface area contributed by atoms with Crippen LogP contribution in [-0.4, -0.2) is 27.2 Å². The molecule has 0 saturated heterocycles. The van der Waals surface area contributed by atoms with Crippen molar-refractivity contribution in [3.8, 4) is 17.2 Å². The van der Waals surface area contributed by atoms with Crippen LogP contribution in [0.1, 0.15) is 29.5 Å². The number of hydrogen-bond donors (Lipinski definition) is 2. The van der Waals surface area contributed by atoms with Gasteiger partial charge in [-0.3, -0.25) is 9.48 Å². The van der Waals surface area contributed by atoms with Gasteiger partial charge in [-0.05, 0) is 47.4 Å². The topological polar surface area (TPSA) is 95.6 Å². The van der Waals surface area contributed by atoms with Gasteiger partial charge in [0.2, 0.25) is 5.91 Å². The van der Waals surface area contributed by atoms with Crippen LogP contribution in [0.5, 0.6) is 0 Å². The zero-order valence-corrected chi connectivity index (χ0v) is 19.2. The Balaban J connectivity index is 1.35. The maximum Gasteiger partial charge on any atom is 0.230 e. The third-order valence-corrected chi connectivity index (χ3v) is 5.65. The molecule has 4 rings (SSSR count). The second kappa shape index (κ2) is 10.5. The van der Waals surface area contributed by atoms with Crippen molar-refractivity contribution in [2.75, 3.05) is 17.2 Å². The minimum absolute atomic E-state index is 0.129. The number of amides is 1. The third-order valence-electron chi connectivity index (χ3n) is 5.65. The normalized spacial score (nSPS) is 11.4. The molecule has 0 aliphatic carbocycles. The molecule has 4 aromatic rings. The summed E-state index contributed by atoms with van der Waals surface area (Å²) in [4.78, 5) is 17.1. The van der Waals surface area contributed by atoms with Gasteiger partial charge in [0.15, 0.2) is 0 Å². The molecule has 1 atom stereocenters. The number of rotatable bonds is 8. The molecule has 0 radical (unpaired) electrons. The molecule has 2 heterocycles. The van der Waals surface area contributed by atoms with Gasteiger partial charge in [-0.1, -0.05) is 37.3 Å². The molecule has 0 bridgehead atoms. The minimum atomic E-state index is -0.129.